The molecule has 4 atom stereocenters. The van der Waals surface area contributed by atoms with E-state index in [1.54, 1.807) is 0 Å². The number of benzene rings is 1. The van der Waals surface area contributed by atoms with E-state index in [0.717, 1.165) is 43.1 Å². The molecule has 4 nitrogen and oxygen atoms in total. The van der Waals surface area contributed by atoms with E-state index >= 15 is 0 Å². The second kappa shape index (κ2) is 5.79. The van der Waals surface area contributed by atoms with Crippen molar-refractivity contribution in [1.82, 2.24) is 0 Å². The molecule has 25 heavy (non-hydrogen) atoms. The highest BCUT2D eigenvalue weighted by Crippen LogP contribution is 2.55. The first kappa shape index (κ1) is 16.5. The number of ketones is 1. The van der Waals surface area contributed by atoms with E-state index in [-0.39, 0.29) is 30.0 Å². The number of Topliss-reactive ketones (excluding diaryl/α,β-unsaturated/α-hetero) is 1. The van der Waals surface area contributed by atoms with E-state index in [0.29, 0.717) is 12.3 Å². The van der Waals surface area contributed by atoms with Gasteiger partial charge in [-0.25, -0.2) is 0 Å². The number of hydrogen-bond donors (Lipinski definition) is 0. The van der Waals surface area contributed by atoms with Gasteiger partial charge in [-0.3, -0.25) is 9.59 Å². The first-order valence-corrected chi connectivity index (χ1v) is 9.22. The Kier molecular flexibility index (Phi) is 3.82. The molecule has 1 aromatic carbocycles. The third kappa shape index (κ3) is 2.22. The van der Waals surface area contributed by atoms with Gasteiger partial charge in [0.25, 0.3) is 0 Å². The molecule has 3 aliphatic rings. The fraction of sp³-hybridized carbons (Fsp3) is 0.571. The highest BCUT2D eigenvalue weighted by Gasteiger charge is 2.52. The molecule has 132 valence electrons. The van der Waals surface area contributed by atoms with Crippen LogP contribution in [0.4, 0.5) is 0 Å². The van der Waals surface area contributed by atoms with E-state index in [2.05, 4.69) is 12.1 Å². The third-order valence-corrected chi connectivity index (χ3v) is 6.88. The summed E-state index contributed by atoms with van der Waals surface area (Å²) in [5.41, 5.74) is 4.06. The van der Waals surface area contributed by atoms with Gasteiger partial charge in [-0.1, -0.05) is 12.1 Å². The molecule has 0 spiro atoms. The molecule has 0 saturated carbocycles. The van der Waals surface area contributed by atoms with Crippen LogP contribution >= 0.6 is 0 Å². The second-order valence-electron chi connectivity index (χ2n) is 7.96. The van der Waals surface area contributed by atoms with Crippen LogP contribution in [-0.4, -0.2) is 25.1 Å². The Balaban J connectivity index is 1.95. The molecule has 0 aliphatic heterocycles. The zero-order valence-corrected chi connectivity index (χ0v) is 14.8. The number of ether oxygens (including phenoxy) is 1. The van der Waals surface area contributed by atoms with E-state index < -0.39 is 5.41 Å². The summed E-state index contributed by atoms with van der Waals surface area (Å²) in [5.74, 6) is -0.146. The standard InChI is InChI=1S/C21H24O4/c1-21-15(11-22)7-5-12-3-4-13-6-8-16(20(21)19(12)13)14(9-17(21)23)10-18(24)25-2/h6,8,11-12,14-15H,3-5,7,9-10H2,1-2H3/t12-,14-,15-,21-/m1/s1. The number of rotatable bonds is 3. The Labute approximate surface area is 147 Å². The largest absolute Gasteiger partial charge is 0.469 e. The lowest BCUT2D eigenvalue weighted by Crippen LogP contribution is -2.46. The van der Waals surface area contributed by atoms with Gasteiger partial charge < -0.3 is 9.53 Å². The molecule has 0 unspecified atom stereocenters. The molecule has 4 heteroatoms. The van der Waals surface area contributed by atoms with Crippen LogP contribution in [0.2, 0.25) is 0 Å². The summed E-state index contributed by atoms with van der Waals surface area (Å²) >= 11 is 0. The molecule has 0 N–H and O–H groups in total. The lowest BCUT2D eigenvalue weighted by atomic mass is 9.59. The Morgan fingerprint density at radius 1 is 1.32 bits per heavy atom. The Morgan fingerprint density at radius 3 is 2.84 bits per heavy atom. The van der Waals surface area contributed by atoms with E-state index in [9.17, 15) is 14.4 Å². The molecule has 1 aromatic rings. The fourth-order valence-corrected chi connectivity index (χ4v) is 5.46. The smallest absolute Gasteiger partial charge is 0.306 e. The van der Waals surface area contributed by atoms with Crippen molar-refractivity contribution in [3.63, 3.8) is 0 Å². The van der Waals surface area contributed by atoms with Crippen molar-refractivity contribution >= 4 is 18.0 Å². The average molecular weight is 340 g/mol. The minimum absolute atomic E-state index is 0.104. The Bertz CT molecular complexity index is 765. The van der Waals surface area contributed by atoms with Crippen LogP contribution in [-0.2, 0) is 31.0 Å². The predicted molar refractivity (Wildman–Crippen MR) is 92.6 cm³/mol. The van der Waals surface area contributed by atoms with Gasteiger partial charge in [0.15, 0.2) is 0 Å². The van der Waals surface area contributed by atoms with Gasteiger partial charge in [-0.15, -0.1) is 0 Å². The van der Waals surface area contributed by atoms with Crippen molar-refractivity contribution in [2.75, 3.05) is 7.11 Å². The van der Waals surface area contributed by atoms with Crippen LogP contribution < -0.4 is 0 Å². The zero-order chi connectivity index (χ0) is 17.8. The summed E-state index contributed by atoms with van der Waals surface area (Å²) < 4.78 is 4.84. The fourth-order valence-electron chi connectivity index (χ4n) is 5.46. The molecular weight excluding hydrogens is 316 g/mol. The van der Waals surface area contributed by atoms with Gasteiger partial charge in [0.2, 0.25) is 0 Å². The quantitative estimate of drug-likeness (QED) is 0.626. The zero-order valence-electron chi connectivity index (χ0n) is 14.8. The molecule has 0 heterocycles. The van der Waals surface area contributed by atoms with Crippen molar-refractivity contribution in [3.8, 4) is 0 Å². The minimum atomic E-state index is -0.742. The highest BCUT2D eigenvalue weighted by atomic mass is 16.5. The average Bonchev–Trinajstić information content (AvgIpc) is 2.96. The maximum atomic E-state index is 13.2. The molecule has 0 radical (unpaired) electrons. The number of carbonyl (C=O) groups is 3. The normalized spacial score (nSPS) is 32.7. The van der Waals surface area contributed by atoms with E-state index in [1.807, 2.05) is 6.92 Å². The summed E-state index contributed by atoms with van der Waals surface area (Å²) in [6, 6.07) is 4.28. The Hall–Kier alpha value is -1.97. The van der Waals surface area contributed by atoms with Crippen LogP contribution in [0.1, 0.15) is 73.1 Å². The van der Waals surface area contributed by atoms with E-state index in [1.165, 1.54) is 18.2 Å². The number of aldehydes is 1. The molecule has 0 bridgehead atoms. The first-order chi connectivity index (χ1) is 12.0. The lowest BCUT2D eigenvalue weighted by molar-refractivity contribution is -0.141. The van der Waals surface area contributed by atoms with Crippen LogP contribution in [0.5, 0.6) is 0 Å². The lowest BCUT2D eigenvalue weighted by Gasteiger charge is -2.41. The topological polar surface area (TPSA) is 60.4 Å². The van der Waals surface area contributed by atoms with Crippen molar-refractivity contribution < 1.29 is 19.1 Å². The summed E-state index contributed by atoms with van der Waals surface area (Å²) in [7, 11) is 1.38. The van der Waals surface area contributed by atoms with Gasteiger partial charge in [-0.2, -0.15) is 0 Å². The third-order valence-electron chi connectivity index (χ3n) is 6.88. The molecule has 0 fully saturated rings. The molecule has 3 aliphatic carbocycles. The number of hydrogen-bond acceptors (Lipinski definition) is 4. The van der Waals surface area contributed by atoms with Crippen LogP contribution in [0.25, 0.3) is 0 Å². The summed E-state index contributed by atoms with van der Waals surface area (Å²) in [4.78, 5) is 37.0. The minimum Gasteiger partial charge on any atom is -0.469 e. The van der Waals surface area contributed by atoms with E-state index in [4.69, 9.17) is 4.74 Å². The molecular formula is C21H24O4. The van der Waals surface area contributed by atoms with Crippen LogP contribution in [0.15, 0.2) is 12.1 Å². The number of aryl methyl sites for hydroxylation is 1. The van der Waals surface area contributed by atoms with Crippen molar-refractivity contribution in [2.24, 2.45) is 5.92 Å². The maximum absolute atomic E-state index is 13.2. The summed E-state index contributed by atoms with van der Waals surface area (Å²) in [5, 5.41) is 0. The summed E-state index contributed by atoms with van der Waals surface area (Å²) in [6.07, 6.45) is 5.41. The number of carbonyl (C=O) groups excluding carboxylic acids is 3. The van der Waals surface area contributed by atoms with Gasteiger partial charge in [0.05, 0.1) is 18.9 Å². The van der Waals surface area contributed by atoms with Crippen molar-refractivity contribution in [1.29, 1.82) is 0 Å². The predicted octanol–water partition coefficient (Wildman–Crippen LogP) is 3.20. The molecule has 0 aromatic heterocycles. The first-order valence-electron chi connectivity index (χ1n) is 9.22. The molecule has 4 rings (SSSR count). The SMILES string of the molecule is COC(=O)C[C@H]1CC(=O)[C@]2(C)c3c1ccc1c3[C@H](CC1)CC[C@@H]2C=O. The van der Waals surface area contributed by atoms with Gasteiger partial charge in [-0.05, 0) is 60.8 Å². The van der Waals surface area contributed by atoms with Crippen molar-refractivity contribution in [2.45, 2.75) is 62.7 Å². The van der Waals surface area contributed by atoms with Crippen molar-refractivity contribution in [3.05, 3.63) is 34.4 Å². The molecule has 0 amide bonds. The van der Waals surface area contributed by atoms with Gasteiger partial charge >= 0.3 is 5.97 Å². The molecule has 0 saturated heterocycles. The van der Waals surface area contributed by atoms with Crippen LogP contribution in [0, 0.1) is 5.92 Å². The second-order valence-corrected chi connectivity index (χ2v) is 7.96. The van der Waals surface area contributed by atoms with Gasteiger partial charge in [0, 0.05) is 18.3 Å². The Morgan fingerprint density at radius 2 is 2.12 bits per heavy atom. The highest BCUT2D eigenvalue weighted by molar-refractivity contribution is 5.97. The number of methoxy groups -OCH3 is 1. The monoisotopic (exact) mass is 340 g/mol. The van der Waals surface area contributed by atoms with Crippen LogP contribution in [0.3, 0.4) is 0 Å². The van der Waals surface area contributed by atoms with Gasteiger partial charge in [0.1, 0.15) is 12.1 Å². The maximum Gasteiger partial charge on any atom is 0.306 e. The number of esters is 1. The summed E-state index contributed by atoms with van der Waals surface area (Å²) in [6.45, 7) is 1.96.